The first-order valence-electron chi connectivity index (χ1n) is 8.76. The summed E-state index contributed by atoms with van der Waals surface area (Å²) >= 11 is 0. The van der Waals surface area contributed by atoms with Crippen LogP contribution in [0.15, 0.2) is 0 Å². The maximum atomic E-state index is 10.0. The molecule has 1 N–H and O–H groups in total. The van der Waals surface area contributed by atoms with Crippen LogP contribution in [0.2, 0.25) is 0 Å². The highest BCUT2D eigenvalue weighted by Gasteiger charge is 2.20. The van der Waals surface area contributed by atoms with E-state index in [4.69, 9.17) is 14.2 Å². The van der Waals surface area contributed by atoms with Gasteiger partial charge in [0.2, 0.25) is 0 Å². The molecule has 0 aromatic carbocycles. The van der Waals surface area contributed by atoms with Crippen LogP contribution in [-0.2, 0) is 14.2 Å². The van der Waals surface area contributed by atoms with Gasteiger partial charge in [-0.2, -0.15) is 0 Å². The minimum Gasteiger partial charge on any atom is -0.393 e. The lowest BCUT2D eigenvalue weighted by Crippen LogP contribution is -2.21. The van der Waals surface area contributed by atoms with Crippen molar-refractivity contribution >= 4 is 0 Å². The van der Waals surface area contributed by atoms with Crippen molar-refractivity contribution in [1.29, 1.82) is 0 Å². The molecule has 0 aliphatic heterocycles. The molecule has 126 valence electrons. The maximum Gasteiger partial charge on any atom is 0.0701 e. The summed E-state index contributed by atoms with van der Waals surface area (Å²) in [5, 5.41) is 10.0. The van der Waals surface area contributed by atoms with Gasteiger partial charge < -0.3 is 19.3 Å². The molecular weight excluding hydrogens is 268 g/mol. The number of rotatable bonds is 12. The van der Waals surface area contributed by atoms with Gasteiger partial charge in [0.05, 0.1) is 32.5 Å². The Morgan fingerprint density at radius 1 is 0.810 bits per heavy atom. The summed E-state index contributed by atoms with van der Waals surface area (Å²) in [5.41, 5.74) is 0. The van der Waals surface area contributed by atoms with E-state index >= 15 is 0 Å². The lowest BCUT2D eigenvalue weighted by molar-refractivity contribution is 0.00634. The molecule has 1 aliphatic rings. The molecule has 2 atom stereocenters. The van der Waals surface area contributed by atoms with Gasteiger partial charge in [-0.25, -0.2) is 0 Å². The number of unbranched alkanes of at least 4 members (excludes halogenated alkanes) is 1. The SMILES string of the molecule is CCCCOCCOCCOCCC1CCCCCC1O. The molecule has 0 spiro atoms. The second-order valence-corrected chi connectivity index (χ2v) is 5.94. The van der Waals surface area contributed by atoms with Crippen molar-refractivity contribution in [3.05, 3.63) is 0 Å². The molecule has 1 saturated carbocycles. The number of hydrogen-bond acceptors (Lipinski definition) is 4. The molecular formula is C17H34O4. The molecule has 0 saturated heterocycles. The molecule has 2 unspecified atom stereocenters. The van der Waals surface area contributed by atoms with Crippen molar-refractivity contribution in [3.63, 3.8) is 0 Å². The highest BCUT2D eigenvalue weighted by atomic mass is 16.5. The Bertz CT molecular complexity index is 223. The van der Waals surface area contributed by atoms with Crippen LogP contribution in [0.25, 0.3) is 0 Å². The van der Waals surface area contributed by atoms with Gasteiger partial charge in [0.25, 0.3) is 0 Å². The second kappa shape index (κ2) is 13.5. The average Bonchev–Trinajstić information content (AvgIpc) is 2.69. The van der Waals surface area contributed by atoms with E-state index in [1.807, 2.05) is 0 Å². The van der Waals surface area contributed by atoms with E-state index in [9.17, 15) is 5.11 Å². The second-order valence-electron chi connectivity index (χ2n) is 5.94. The summed E-state index contributed by atoms with van der Waals surface area (Å²) in [4.78, 5) is 0. The molecule has 1 fully saturated rings. The first kappa shape index (κ1) is 18.9. The van der Waals surface area contributed by atoms with Crippen molar-refractivity contribution in [2.45, 2.75) is 64.4 Å². The molecule has 0 bridgehead atoms. The highest BCUT2D eigenvalue weighted by Crippen LogP contribution is 2.25. The Balaban J connectivity index is 1.83. The lowest BCUT2D eigenvalue weighted by atomic mass is 9.94. The van der Waals surface area contributed by atoms with E-state index in [0.29, 0.717) is 32.3 Å². The van der Waals surface area contributed by atoms with Gasteiger partial charge in [-0.05, 0) is 31.6 Å². The van der Waals surface area contributed by atoms with Crippen LogP contribution in [0.3, 0.4) is 0 Å². The van der Waals surface area contributed by atoms with Gasteiger partial charge in [0, 0.05) is 13.2 Å². The maximum absolute atomic E-state index is 10.0. The van der Waals surface area contributed by atoms with Crippen LogP contribution in [-0.4, -0.2) is 50.9 Å². The summed E-state index contributed by atoms with van der Waals surface area (Å²) in [6, 6.07) is 0. The Kier molecular flexibility index (Phi) is 12.1. The zero-order chi connectivity index (χ0) is 15.2. The molecule has 0 aromatic rings. The topological polar surface area (TPSA) is 47.9 Å². The standard InChI is InChI=1S/C17H34O4/c1-2-3-10-19-12-14-21-15-13-20-11-9-16-7-5-4-6-8-17(16)18/h16-18H,2-15H2,1H3. The van der Waals surface area contributed by atoms with Crippen LogP contribution in [0.5, 0.6) is 0 Å². The predicted octanol–water partition coefficient (Wildman–Crippen LogP) is 3.17. The molecule has 0 aromatic heterocycles. The highest BCUT2D eigenvalue weighted by molar-refractivity contribution is 4.72. The number of ether oxygens (including phenoxy) is 3. The predicted molar refractivity (Wildman–Crippen MR) is 84.6 cm³/mol. The minimum absolute atomic E-state index is 0.118. The monoisotopic (exact) mass is 302 g/mol. The summed E-state index contributed by atoms with van der Waals surface area (Å²) in [5.74, 6) is 0.431. The fraction of sp³-hybridized carbons (Fsp3) is 1.00. The molecule has 4 heteroatoms. The van der Waals surface area contributed by atoms with Crippen LogP contribution in [0.1, 0.15) is 58.3 Å². The minimum atomic E-state index is -0.118. The largest absolute Gasteiger partial charge is 0.393 e. The van der Waals surface area contributed by atoms with E-state index in [1.165, 1.54) is 25.7 Å². The summed E-state index contributed by atoms with van der Waals surface area (Å²) in [6.07, 6.45) is 8.95. The summed E-state index contributed by atoms with van der Waals surface area (Å²) in [7, 11) is 0. The van der Waals surface area contributed by atoms with Crippen molar-refractivity contribution in [2.75, 3.05) is 39.6 Å². The Morgan fingerprint density at radius 3 is 2.14 bits per heavy atom. The summed E-state index contributed by atoms with van der Waals surface area (Å²) in [6.45, 7) is 6.31. The van der Waals surface area contributed by atoms with Gasteiger partial charge in [0.15, 0.2) is 0 Å². The molecule has 0 amide bonds. The van der Waals surface area contributed by atoms with Crippen molar-refractivity contribution < 1.29 is 19.3 Å². The van der Waals surface area contributed by atoms with E-state index in [-0.39, 0.29) is 6.10 Å². The fourth-order valence-corrected chi connectivity index (χ4v) is 2.72. The third kappa shape index (κ3) is 10.2. The van der Waals surface area contributed by atoms with Crippen LogP contribution in [0, 0.1) is 5.92 Å². The van der Waals surface area contributed by atoms with Gasteiger partial charge >= 0.3 is 0 Å². The number of aliphatic hydroxyl groups excluding tert-OH is 1. The van der Waals surface area contributed by atoms with E-state index in [2.05, 4.69) is 6.92 Å². The van der Waals surface area contributed by atoms with E-state index < -0.39 is 0 Å². The Morgan fingerprint density at radius 2 is 1.43 bits per heavy atom. The molecule has 0 radical (unpaired) electrons. The van der Waals surface area contributed by atoms with Crippen LogP contribution >= 0.6 is 0 Å². The molecule has 4 nitrogen and oxygen atoms in total. The number of aliphatic hydroxyl groups is 1. The third-order valence-corrected chi connectivity index (χ3v) is 4.14. The smallest absolute Gasteiger partial charge is 0.0701 e. The van der Waals surface area contributed by atoms with Crippen LogP contribution < -0.4 is 0 Å². The zero-order valence-corrected chi connectivity index (χ0v) is 13.7. The quantitative estimate of drug-likeness (QED) is 0.444. The lowest BCUT2D eigenvalue weighted by Gasteiger charge is -2.20. The fourth-order valence-electron chi connectivity index (χ4n) is 2.72. The van der Waals surface area contributed by atoms with Gasteiger partial charge in [0.1, 0.15) is 0 Å². The van der Waals surface area contributed by atoms with Gasteiger partial charge in [-0.3, -0.25) is 0 Å². The van der Waals surface area contributed by atoms with E-state index in [1.54, 1.807) is 0 Å². The van der Waals surface area contributed by atoms with E-state index in [0.717, 1.165) is 38.9 Å². The van der Waals surface area contributed by atoms with Crippen molar-refractivity contribution in [2.24, 2.45) is 5.92 Å². The first-order valence-corrected chi connectivity index (χ1v) is 8.76. The molecule has 1 aliphatic carbocycles. The average molecular weight is 302 g/mol. The third-order valence-electron chi connectivity index (χ3n) is 4.14. The molecule has 0 heterocycles. The molecule has 21 heavy (non-hydrogen) atoms. The Labute approximate surface area is 130 Å². The normalized spacial score (nSPS) is 23.1. The van der Waals surface area contributed by atoms with Crippen molar-refractivity contribution in [1.82, 2.24) is 0 Å². The Hall–Kier alpha value is -0.160. The molecule has 1 rings (SSSR count). The summed E-state index contributed by atoms with van der Waals surface area (Å²) < 4.78 is 16.5. The van der Waals surface area contributed by atoms with Gasteiger partial charge in [-0.1, -0.05) is 32.6 Å². The first-order chi connectivity index (χ1) is 10.3. The van der Waals surface area contributed by atoms with Gasteiger partial charge in [-0.15, -0.1) is 0 Å². The number of hydrogen-bond donors (Lipinski definition) is 1. The zero-order valence-electron chi connectivity index (χ0n) is 13.7. The van der Waals surface area contributed by atoms with Crippen LogP contribution in [0.4, 0.5) is 0 Å². The van der Waals surface area contributed by atoms with Crippen molar-refractivity contribution in [3.8, 4) is 0 Å².